The molecule has 0 saturated heterocycles. The number of halogens is 1. The molecule has 0 atom stereocenters. The second-order valence-corrected chi connectivity index (χ2v) is 3.24. The number of carbonyl (C=O) groups is 1. The molecule has 0 spiro atoms. The predicted molar refractivity (Wildman–Crippen MR) is 57.9 cm³/mol. The molecule has 0 saturated carbocycles. The van der Waals surface area contributed by atoms with Gasteiger partial charge in [-0.3, -0.25) is 0 Å². The number of aryl methyl sites for hydroxylation is 1. The van der Waals surface area contributed by atoms with Crippen molar-refractivity contribution in [3.8, 4) is 0 Å². The first-order valence-corrected chi connectivity index (χ1v) is 4.75. The molecule has 14 heavy (non-hydrogen) atoms. The minimum absolute atomic E-state index is 0.341. The average Bonchev–Trinajstić information content (AvgIpc) is 2.14. The molecule has 3 heteroatoms. The number of carboxylic acids is 1. The molecule has 0 unspecified atom stereocenters. The van der Waals surface area contributed by atoms with Gasteiger partial charge in [0.05, 0.1) is 5.56 Å². The van der Waals surface area contributed by atoms with Crippen molar-refractivity contribution in [2.45, 2.75) is 6.92 Å². The van der Waals surface area contributed by atoms with Crippen molar-refractivity contribution in [1.82, 2.24) is 0 Å². The van der Waals surface area contributed by atoms with E-state index in [2.05, 4.69) is 0 Å². The fourth-order valence-corrected chi connectivity index (χ4v) is 1.30. The highest BCUT2D eigenvalue weighted by molar-refractivity contribution is 6.19. The van der Waals surface area contributed by atoms with E-state index in [1.165, 1.54) is 0 Å². The summed E-state index contributed by atoms with van der Waals surface area (Å²) in [4.78, 5) is 10.7. The number of aromatic carboxylic acids is 1. The van der Waals surface area contributed by atoms with Crippen molar-refractivity contribution in [2.75, 3.05) is 5.88 Å². The van der Waals surface area contributed by atoms with Gasteiger partial charge in [0.1, 0.15) is 0 Å². The molecule has 0 fully saturated rings. The maximum Gasteiger partial charge on any atom is 0.335 e. The summed E-state index contributed by atoms with van der Waals surface area (Å²) in [5, 5.41) is 8.79. The van der Waals surface area contributed by atoms with Gasteiger partial charge in [-0.1, -0.05) is 24.3 Å². The lowest BCUT2D eigenvalue weighted by Crippen LogP contribution is -1.99. The van der Waals surface area contributed by atoms with Crippen LogP contribution in [-0.4, -0.2) is 17.0 Å². The Morgan fingerprint density at radius 3 is 2.79 bits per heavy atom. The molecule has 0 aliphatic carbocycles. The molecule has 0 radical (unpaired) electrons. The maximum atomic E-state index is 10.7. The highest BCUT2D eigenvalue weighted by Gasteiger charge is 2.05. The standard InChI is InChI=1S/C11H11ClO2/c1-8-7-9(3-2-6-12)4-5-10(8)11(13)14/h2-5,7H,6H2,1H3,(H,13,14). The lowest BCUT2D eigenvalue weighted by Gasteiger charge is -2.01. The second kappa shape index (κ2) is 4.82. The minimum atomic E-state index is -0.893. The monoisotopic (exact) mass is 210 g/mol. The number of benzene rings is 1. The van der Waals surface area contributed by atoms with E-state index in [9.17, 15) is 4.79 Å². The highest BCUT2D eigenvalue weighted by Crippen LogP contribution is 2.12. The van der Waals surface area contributed by atoms with Gasteiger partial charge >= 0.3 is 5.97 Å². The Labute approximate surface area is 87.8 Å². The Bertz CT molecular complexity index is 370. The number of alkyl halides is 1. The molecule has 1 N–H and O–H groups in total. The van der Waals surface area contributed by atoms with Crippen LogP contribution in [0.25, 0.3) is 6.08 Å². The fraction of sp³-hybridized carbons (Fsp3) is 0.182. The van der Waals surface area contributed by atoms with Crippen molar-refractivity contribution >= 4 is 23.6 Å². The molecule has 1 aromatic rings. The van der Waals surface area contributed by atoms with E-state index in [0.29, 0.717) is 11.4 Å². The van der Waals surface area contributed by atoms with Crippen LogP contribution in [0.4, 0.5) is 0 Å². The molecule has 2 nitrogen and oxygen atoms in total. The smallest absolute Gasteiger partial charge is 0.335 e. The summed E-state index contributed by atoms with van der Waals surface area (Å²) in [5.74, 6) is -0.435. The van der Waals surface area contributed by atoms with Gasteiger partial charge < -0.3 is 5.11 Å². The normalized spacial score (nSPS) is 10.7. The molecule has 0 amide bonds. The van der Waals surface area contributed by atoms with Crippen molar-refractivity contribution in [2.24, 2.45) is 0 Å². The molecule has 74 valence electrons. The number of carboxylic acid groups (broad SMARTS) is 1. The second-order valence-electron chi connectivity index (χ2n) is 2.94. The summed E-state index contributed by atoms with van der Waals surface area (Å²) in [6, 6.07) is 5.19. The molecule has 1 rings (SSSR count). The van der Waals surface area contributed by atoms with Crippen LogP contribution >= 0.6 is 11.6 Å². The molecular formula is C11H11ClO2. The van der Waals surface area contributed by atoms with Crippen LogP contribution in [0.15, 0.2) is 24.3 Å². The van der Waals surface area contributed by atoms with Crippen LogP contribution in [-0.2, 0) is 0 Å². The zero-order chi connectivity index (χ0) is 10.6. The Morgan fingerprint density at radius 2 is 2.29 bits per heavy atom. The van der Waals surface area contributed by atoms with Gasteiger partial charge in [0.15, 0.2) is 0 Å². The van der Waals surface area contributed by atoms with Gasteiger partial charge in [0.2, 0.25) is 0 Å². The minimum Gasteiger partial charge on any atom is -0.478 e. The van der Waals surface area contributed by atoms with E-state index in [0.717, 1.165) is 11.1 Å². The third-order valence-corrected chi connectivity index (χ3v) is 2.06. The number of rotatable bonds is 3. The molecule has 0 heterocycles. The Kier molecular flexibility index (Phi) is 3.72. The maximum absolute atomic E-state index is 10.7. The van der Waals surface area contributed by atoms with E-state index < -0.39 is 5.97 Å². The van der Waals surface area contributed by atoms with Gasteiger partial charge in [0.25, 0.3) is 0 Å². The zero-order valence-corrected chi connectivity index (χ0v) is 8.58. The van der Waals surface area contributed by atoms with Gasteiger partial charge in [-0.15, -0.1) is 11.6 Å². The lowest BCUT2D eigenvalue weighted by molar-refractivity contribution is 0.0696. The van der Waals surface area contributed by atoms with Crippen molar-refractivity contribution < 1.29 is 9.90 Å². The summed E-state index contributed by atoms with van der Waals surface area (Å²) in [6.45, 7) is 1.78. The van der Waals surface area contributed by atoms with E-state index in [-0.39, 0.29) is 0 Å². The first-order chi connectivity index (χ1) is 6.65. The molecule has 0 aliphatic rings. The van der Waals surface area contributed by atoms with Crippen LogP contribution in [0.3, 0.4) is 0 Å². The van der Waals surface area contributed by atoms with Gasteiger partial charge in [-0.2, -0.15) is 0 Å². The zero-order valence-electron chi connectivity index (χ0n) is 7.83. The topological polar surface area (TPSA) is 37.3 Å². The van der Waals surface area contributed by atoms with E-state index in [1.54, 1.807) is 19.1 Å². The SMILES string of the molecule is Cc1cc(C=CCCl)ccc1C(=O)O. The fourth-order valence-electron chi connectivity index (χ4n) is 1.21. The number of allylic oxidation sites excluding steroid dienone is 1. The van der Waals surface area contributed by atoms with E-state index in [4.69, 9.17) is 16.7 Å². The number of hydrogen-bond donors (Lipinski definition) is 1. The third kappa shape index (κ3) is 2.60. The quantitative estimate of drug-likeness (QED) is 0.779. The predicted octanol–water partition coefficient (Wildman–Crippen LogP) is 2.95. The molecule has 1 aromatic carbocycles. The van der Waals surface area contributed by atoms with E-state index in [1.807, 2.05) is 18.2 Å². The van der Waals surface area contributed by atoms with Gasteiger partial charge in [-0.05, 0) is 24.1 Å². The molecule has 0 aromatic heterocycles. The lowest BCUT2D eigenvalue weighted by atomic mass is 10.1. The Hall–Kier alpha value is -1.28. The van der Waals surface area contributed by atoms with Crippen molar-refractivity contribution in [3.63, 3.8) is 0 Å². The largest absolute Gasteiger partial charge is 0.478 e. The summed E-state index contributed by atoms with van der Waals surface area (Å²) >= 11 is 5.49. The third-order valence-electron chi connectivity index (χ3n) is 1.88. The summed E-state index contributed by atoms with van der Waals surface area (Å²) in [7, 11) is 0. The average molecular weight is 211 g/mol. The summed E-state index contributed by atoms with van der Waals surface area (Å²) in [5.41, 5.74) is 2.07. The molecule has 0 bridgehead atoms. The summed E-state index contributed by atoms with van der Waals surface area (Å²) < 4.78 is 0. The first-order valence-electron chi connectivity index (χ1n) is 4.21. The van der Waals surface area contributed by atoms with Gasteiger partial charge in [-0.25, -0.2) is 4.79 Å². The molecular weight excluding hydrogens is 200 g/mol. The first kappa shape index (κ1) is 10.8. The Balaban J connectivity index is 3.00. The van der Waals surface area contributed by atoms with Crippen molar-refractivity contribution in [3.05, 3.63) is 41.0 Å². The van der Waals surface area contributed by atoms with Crippen molar-refractivity contribution in [1.29, 1.82) is 0 Å². The summed E-state index contributed by atoms with van der Waals surface area (Å²) in [6.07, 6.45) is 3.68. The van der Waals surface area contributed by atoms with Gasteiger partial charge in [0, 0.05) is 5.88 Å². The number of hydrogen-bond acceptors (Lipinski definition) is 1. The van der Waals surface area contributed by atoms with Crippen LogP contribution in [0.1, 0.15) is 21.5 Å². The van der Waals surface area contributed by atoms with Crippen LogP contribution < -0.4 is 0 Å². The highest BCUT2D eigenvalue weighted by atomic mass is 35.5. The van der Waals surface area contributed by atoms with Crippen LogP contribution in [0.2, 0.25) is 0 Å². The van der Waals surface area contributed by atoms with Crippen LogP contribution in [0.5, 0.6) is 0 Å². The Morgan fingerprint density at radius 1 is 1.57 bits per heavy atom. The van der Waals surface area contributed by atoms with E-state index >= 15 is 0 Å². The molecule has 0 aliphatic heterocycles. The van der Waals surface area contributed by atoms with Crippen LogP contribution in [0, 0.1) is 6.92 Å².